The van der Waals surface area contributed by atoms with Gasteiger partial charge in [-0.2, -0.15) is 4.98 Å². The first-order chi connectivity index (χ1) is 8.65. The molecule has 0 radical (unpaired) electrons. The van der Waals surface area contributed by atoms with Crippen molar-refractivity contribution in [1.82, 2.24) is 15.0 Å². The number of hydrogen-bond acceptors (Lipinski definition) is 6. The smallest absolute Gasteiger partial charge is 0.225 e. The minimum atomic E-state index is 0.271. The average Bonchev–Trinajstić information content (AvgIpc) is 2.69. The van der Waals surface area contributed by atoms with Gasteiger partial charge in [0.15, 0.2) is 13.7 Å². The van der Waals surface area contributed by atoms with Gasteiger partial charge in [0.25, 0.3) is 0 Å². The summed E-state index contributed by atoms with van der Waals surface area (Å²) in [6.07, 6.45) is 0. The first-order valence-corrected chi connectivity index (χ1v) is 7.76. The number of ether oxygens (including phenoxy) is 1. The predicted molar refractivity (Wildman–Crippen MR) is 80.6 cm³/mol. The molecule has 1 saturated heterocycles. The molecule has 1 fully saturated rings. The summed E-state index contributed by atoms with van der Waals surface area (Å²) < 4.78 is 6.39. The summed E-state index contributed by atoms with van der Waals surface area (Å²) in [6.45, 7) is 4.31. The molecule has 2 aromatic heterocycles. The topological polar surface area (TPSA) is 51.1 Å². The van der Waals surface area contributed by atoms with E-state index in [1.165, 1.54) is 11.3 Å². The molecule has 0 N–H and O–H groups in total. The van der Waals surface area contributed by atoms with Crippen LogP contribution in [0.25, 0.3) is 10.3 Å². The second-order valence-electron chi connectivity index (χ2n) is 4.05. The van der Waals surface area contributed by atoms with E-state index in [2.05, 4.69) is 49.4 Å². The first kappa shape index (κ1) is 12.8. The Bertz CT molecular complexity index is 593. The highest BCUT2D eigenvalue weighted by Crippen LogP contribution is 2.31. The van der Waals surface area contributed by atoms with E-state index in [1.54, 1.807) is 0 Å². The van der Waals surface area contributed by atoms with E-state index in [0.717, 1.165) is 25.7 Å². The van der Waals surface area contributed by atoms with Crippen LogP contribution >= 0.6 is 45.5 Å². The van der Waals surface area contributed by atoms with Crippen LogP contribution in [0.15, 0.2) is 0 Å². The van der Waals surface area contributed by atoms with Crippen LogP contribution in [0.4, 0.5) is 5.82 Å². The van der Waals surface area contributed by atoms with Gasteiger partial charge in [-0.25, -0.2) is 9.97 Å². The zero-order valence-corrected chi connectivity index (χ0v) is 13.3. The van der Waals surface area contributed by atoms with Crippen molar-refractivity contribution in [3.63, 3.8) is 0 Å². The number of aromatic nitrogens is 3. The highest BCUT2D eigenvalue weighted by atomic mass is 127. The van der Waals surface area contributed by atoms with Gasteiger partial charge < -0.3 is 9.64 Å². The van der Waals surface area contributed by atoms with Crippen molar-refractivity contribution in [2.75, 3.05) is 24.7 Å². The van der Waals surface area contributed by atoms with Crippen LogP contribution in [-0.2, 0) is 4.74 Å². The van der Waals surface area contributed by atoms with Crippen LogP contribution in [0, 0.1) is 3.01 Å². The van der Waals surface area contributed by atoms with Crippen LogP contribution in [-0.4, -0.2) is 40.8 Å². The first-order valence-electron chi connectivity index (χ1n) is 5.49. The highest BCUT2D eigenvalue weighted by molar-refractivity contribution is 14.1. The molecular weight excluding hydrogens is 387 g/mol. The van der Waals surface area contributed by atoms with Gasteiger partial charge >= 0.3 is 0 Å². The summed E-state index contributed by atoms with van der Waals surface area (Å²) in [5.41, 5.74) is 0.836. The van der Waals surface area contributed by atoms with Crippen LogP contribution in [0.2, 0.25) is 5.28 Å². The standard InChI is InChI=1S/C10H10ClIN4OS/c1-5-4-17-3-2-16(5)7-6-8(15-9(11)14-7)18-10(12)13-6/h5H,2-4H2,1H3/t5-/m1/s1. The molecule has 0 aliphatic carbocycles. The monoisotopic (exact) mass is 396 g/mol. The summed E-state index contributed by atoms with van der Waals surface area (Å²) >= 11 is 9.71. The molecule has 0 amide bonds. The number of rotatable bonds is 1. The second kappa shape index (κ2) is 5.03. The lowest BCUT2D eigenvalue weighted by molar-refractivity contribution is 0.0986. The van der Waals surface area contributed by atoms with Crippen LogP contribution in [0.5, 0.6) is 0 Å². The van der Waals surface area contributed by atoms with E-state index >= 15 is 0 Å². The van der Waals surface area contributed by atoms with Gasteiger partial charge in [-0.15, -0.1) is 0 Å². The maximum absolute atomic E-state index is 6.00. The number of nitrogens with zero attached hydrogens (tertiary/aromatic N) is 4. The SMILES string of the molecule is C[C@@H]1COCCN1c1nc(Cl)nc2sc(I)nc12. The van der Waals surface area contributed by atoms with Crippen molar-refractivity contribution < 1.29 is 4.74 Å². The van der Waals surface area contributed by atoms with Crippen LogP contribution in [0.1, 0.15) is 6.92 Å². The third-order valence-electron chi connectivity index (χ3n) is 2.83. The van der Waals surface area contributed by atoms with Gasteiger partial charge in [0.2, 0.25) is 5.28 Å². The Morgan fingerprint density at radius 2 is 2.28 bits per heavy atom. The Kier molecular flexibility index (Phi) is 3.57. The number of anilines is 1. The van der Waals surface area contributed by atoms with Crippen molar-refractivity contribution in [2.24, 2.45) is 0 Å². The maximum Gasteiger partial charge on any atom is 0.225 e. The Morgan fingerprint density at radius 3 is 3.06 bits per heavy atom. The van der Waals surface area contributed by atoms with Gasteiger partial charge in [-0.1, -0.05) is 11.3 Å². The van der Waals surface area contributed by atoms with Gasteiger partial charge in [-0.05, 0) is 41.1 Å². The molecule has 5 nitrogen and oxygen atoms in total. The summed E-state index contributed by atoms with van der Waals surface area (Å²) in [5, 5.41) is 0.274. The maximum atomic E-state index is 6.00. The number of thiazole rings is 1. The van der Waals surface area contributed by atoms with Gasteiger partial charge in [0.05, 0.1) is 19.3 Å². The van der Waals surface area contributed by atoms with Crippen LogP contribution < -0.4 is 4.90 Å². The molecule has 3 rings (SSSR count). The van der Waals surface area contributed by atoms with E-state index in [4.69, 9.17) is 16.3 Å². The summed E-state index contributed by atoms with van der Waals surface area (Å²) in [5.74, 6) is 0.819. The molecule has 18 heavy (non-hydrogen) atoms. The lowest BCUT2D eigenvalue weighted by atomic mass is 10.2. The fourth-order valence-electron chi connectivity index (χ4n) is 2.00. The van der Waals surface area contributed by atoms with E-state index < -0.39 is 0 Å². The minimum absolute atomic E-state index is 0.271. The molecule has 0 aromatic carbocycles. The van der Waals surface area contributed by atoms with E-state index in [0.29, 0.717) is 13.2 Å². The predicted octanol–water partition coefficient (Wildman–Crippen LogP) is 2.57. The van der Waals surface area contributed by atoms with E-state index in [9.17, 15) is 0 Å². The van der Waals surface area contributed by atoms with Crippen LogP contribution in [0.3, 0.4) is 0 Å². The van der Waals surface area contributed by atoms with Crippen molar-refractivity contribution in [3.8, 4) is 0 Å². The van der Waals surface area contributed by atoms with E-state index in [-0.39, 0.29) is 11.3 Å². The summed E-state index contributed by atoms with van der Waals surface area (Å²) in [4.78, 5) is 16.1. The number of hydrogen-bond donors (Lipinski definition) is 0. The lowest BCUT2D eigenvalue weighted by Gasteiger charge is -2.34. The lowest BCUT2D eigenvalue weighted by Crippen LogP contribution is -2.44. The average molecular weight is 397 g/mol. The Labute approximate surface area is 127 Å². The van der Waals surface area contributed by atoms with Crippen molar-refractivity contribution in [3.05, 3.63) is 8.30 Å². The van der Waals surface area contributed by atoms with Gasteiger partial charge in [0.1, 0.15) is 5.52 Å². The molecule has 8 heteroatoms. The Balaban J connectivity index is 2.14. The molecular formula is C10H10ClIN4OS. The van der Waals surface area contributed by atoms with Crippen molar-refractivity contribution in [2.45, 2.75) is 13.0 Å². The zero-order valence-electron chi connectivity index (χ0n) is 9.56. The number of morpholine rings is 1. The third kappa shape index (κ3) is 2.28. The summed E-state index contributed by atoms with van der Waals surface area (Å²) in [7, 11) is 0. The Morgan fingerprint density at radius 1 is 1.44 bits per heavy atom. The molecule has 0 unspecified atom stereocenters. The third-order valence-corrected chi connectivity index (χ3v) is 4.64. The molecule has 96 valence electrons. The summed E-state index contributed by atoms with van der Waals surface area (Å²) in [6, 6.07) is 0.271. The fourth-order valence-corrected chi connectivity index (χ4v) is 3.74. The molecule has 1 aliphatic heterocycles. The molecule has 0 bridgehead atoms. The normalized spacial score (nSPS) is 20.6. The zero-order chi connectivity index (χ0) is 12.7. The van der Waals surface area contributed by atoms with Crippen molar-refractivity contribution >= 4 is 61.7 Å². The molecule has 0 spiro atoms. The molecule has 2 aromatic rings. The van der Waals surface area contributed by atoms with Gasteiger partial charge in [-0.3, -0.25) is 0 Å². The number of halogens is 2. The van der Waals surface area contributed by atoms with Gasteiger partial charge in [0, 0.05) is 6.54 Å². The quantitative estimate of drug-likeness (QED) is 0.548. The Hall–Kier alpha value is -0.250. The minimum Gasteiger partial charge on any atom is -0.377 e. The fraction of sp³-hybridized carbons (Fsp3) is 0.500. The molecule has 3 heterocycles. The van der Waals surface area contributed by atoms with Crippen molar-refractivity contribution in [1.29, 1.82) is 0 Å². The molecule has 0 saturated carbocycles. The largest absolute Gasteiger partial charge is 0.377 e. The number of fused-ring (bicyclic) bond motifs is 1. The highest BCUT2D eigenvalue weighted by Gasteiger charge is 2.24. The van der Waals surface area contributed by atoms with E-state index in [1.807, 2.05) is 0 Å². The second-order valence-corrected chi connectivity index (χ2v) is 7.12. The molecule has 1 aliphatic rings. The molecule has 1 atom stereocenters.